The Kier molecular flexibility index (Phi) is 2.79. The van der Waals surface area contributed by atoms with Crippen molar-refractivity contribution in [1.29, 1.82) is 0 Å². The second-order valence-corrected chi connectivity index (χ2v) is 3.73. The molecule has 2 nitrogen and oxygen atoms in total. The van der Waals surface area contributed by atoms with Crippen molar-refractivity contribution in [3.63, 3.8) is 0 Å². The van der Waals surface area contributed by atoms with Gasteiger partial charge in [-0.15, -0.1) is 0 Å². The molecule has 76 valence electrons. The minimum Gasteiger partial charge on any atom is -0.396 e. The third kappa shape index (κ3) is 1.65. The zero-order valence-corrected chi connectivity index (χ0v) is 7.91. The van der Waals surface area contributed by atoms with Gasteiger partial charge in [-0.1, -0.05) is 18.2 Å². The molecule has 0 saturated carbocycles. The van der Waals surface area contributed by atoms with Gasteiger partial charge in [0.15, 0.2) is 0 Å². The fraction of sp³-hybridized carbons (Fsp3) is 0.455. The number of aliphatic hydroxyl groups excluding tert-OH is 1. The molecule has 0 unspecified atom stereocenters. The van der Waals surface area contributed by atoms with E-state index >= 15 is 0 Å². The van der Waals surface area contributed by atoms with Crippen LogP contribution in [-0.2, 0) is 0 Å². The van der Waals surface area contributed by atoms with E-state index in [1.807, 2.05) is 6.07 Å². The Hall–Kier alpha value is -0.930. The summed E-state index contributed by atoms with van der Waals surface area (Å²) in [5.41, 5.74) is 0.719. The third-order valence-corrected chi connectivity index (χ3v) is 2.88. The highest BCUT2D eigenvalue weighted by atomic mass is 19.1. The van der Waals surface area contributed by atoms with Crippen LogP contribution in [0.4, 0.5) is 4.39 Å². The van der Waals surface area contributed by atoms with E-state index in [0.717, 1.165) is 18.7 Å². The molecule has 0 aliphatic carbocycles. The summed E-state index contributed by atoms with van der Waals surface area (Å²) in [5, 5.41) is 12.3. The van der Waals surface area contributed by atoms with Crippen LogP contribution >= 0.6 is 0 Å². The second kappa shape index (κ2) is 4.07. The molecule has 0 bridgehead atoms. The van der Waals surface area contributed by atoms with Crippen LogP contribution in [0.5, 0.6) is 0 Å². The zero-order chi connectivity index (χ0) is 9.97. The van der Waals surface area contributed by atoms with Crippen molar-refractivity contribution >= 4 is 0 Å². The van der Waals surface area contributed by atoms with Gasteiger partial charge in [0.2, 0.25) is 0 Å². The molecule has 1 fully saturated rings. The lowest BCUT2D eigenvalue weighted by Gasteiger charge is -2.16. The van der Waals surface area contributed by atoms with Crippen molar-refractivity contribution in [2.75, 3.05) is 19.7 Å². The van der Waals surface area contributed by atoms with E-state index in [9.17, 15) is 4.39 Å². The monoisotopic (exact) mass is 195 g/mol. The van der Waals surface area contributed by atoms with E-state index in [2.05, 4.69) is 5.32 Å². The molecule has 0 spiro atoms. The summed E-state index contributed by atoms with van der Waals surface area (Å²) < 4.78 is 13.4. The Morgan fingerprint density at radius 3 is 2.86 bits per heavy atom. The summed E-state index contributed by atoms with van der Waals surface area (Å²) >= 11 is 0. The van der Waals surface area contributed by atoms with Crippen molar-refractivity contribution in [3.05, 3.63) is 35.6 Å². The number of hydrogen-bond acceptors (Lipinski definition) is 2. The summed E-state index contributed by atoms with van der Waals surface area (Å²) in [5.74, 6) is 0.0905. The highest BCUT2D eigenvalue weighted by Crippen LogP contribution is 2.29. The first-order valence-corrected chi connectivity index (χ1v) is 4.89. The lowest BCUT2D eigenvalue weighted by molar-refractivity contribution is 0.225. The summed E-state index contributed by atoms with van der Waals surface area (Å²) in [6, 6.07) is 6.80. The number of benzene rings is 1. The summed E-state index contributed by atoms with van der Waals surface area (Å²) in [6.45, 7) is 1.65. The van der Waals surface area contributed by atoms with Gasteiger partial charge in [0, 0.05) is 31.5 Å². The molecular weight excluding hydrogens is 181 g/mol. The van der Waals surface area contributed by atoms with Gasteiger partial charge in [-0.05, 0) is 11.6 Å². The molecule has 3 heteroatoms. The van der Waals surface area contributed by atoms with Gasteiger partial charge >= 0.3 is 0 Å². The summed E-state index contributed by atoms with van der Waals surface area (Å²) in [4.78, 5) is 0. The molecule has 14 heavy (non-hydrogen) atoms. The predicted molar refractivity (Wildman–Crippen MR) is 52.6 cm³/mol. The van der Waals surface area contributed by atoms with Crippen LogP contribution in [0.15, 0.2) is 24.3 Å². The van der Waals surface area contributed by atoms with E-state index in [4.69, 9.17) is 5.11 Å². The number of nitrogens with one attached hydrogen (secondary N) is 1. The van der Waals surface area contributed by atoms with Crippen LogP contribution in [0, 0.1) is 11.7 Å². The number of halogens is 1. The van der Waals surface area contributed by atoms with Crippen LogP contribution in [0.2, 0.25) is 0 Å². The number of rotatable bonds is 2. The first-order valence-electron chi connectivity index (χ1n) is 4.89. The van der Waals surface area contributed by atoms with Crippen LogP contribution in [0.1, 0.15) is 11.5 Å². The van der Waals surface area contributed by atoms with Crippen molar-refractivity contribution in [1.82, 2.24) is 5.32 Å². The van der Waals surface area contributed by atoms with Gasteiger partial charge in [-0.3, -0.25) is 0 Å². The first-order chi connectivity index (χ1) is 6.83. The second-order valence-electron chi connectivity index (χ2n) is 3.73. The molecular formula is C11H14FNO. The van der Waals surface area contributed by atoms with Gasteiger partial charge in [0.05, 0.1) is 0 Å². The van der Waals surface area contributed by atoms with Crippen molar-refractivity contribution in [2.24, 2.45) is 5.92 Å². The Balaban J connectivity index is 2.26. The smallest absolute Gasteiger partial charge is 0.126 e. The van der Waals surface area contributed by atoms with Crippen molar-refractivity contribution < 1.29 is 9.50 Å². The topological polar surface area (TPSA) is 32.3 Å². The average molecular weight is 195 g/mol. The summed E-state index contributed by atoms with van der Waals surface area (Å²) in [7, 11) is 0. The average Bonchev–Trinajstić information content (AvgIpc) is 2.66. The Bertz CT molecular complexity index is 316. The maximum atomic E-state index is 13.4. The van der Waals surface area contributed by atoms with Gasteiger partial charge in [-0.25, -0.2) is 4.39 Å². The Morgan fingerprint density at radius 1 is 1.36 bits per heavy atom. The van der Waals surface area contributed by atoms with E-state index < -0.39 is 0 Å². The predicted octanol–water partition coefficient (Wildman–Crippen LogP) is 1.12. The molecule has 2 rings (SSSR count). The maximum absolute atomic E-state index is 13.4. The maximum Gasteiger partial charge on any atom is 0.126 e. The fourth-order valence-electron chi connectivity index (χ4n) is 2.06. The number of aliphatic hydroxyl groups is 1. The Labute approximate surface area is 82.8 Å². The highest BCUT2D eigenvalue weighted by Gasteiger charge is 2.29. The standard InChI is InChI=1S/C11H14FNO/c12-11-4-2-1-3-9(11)10-6-13-5-8(10)7-14/h1-4,8,10,13-14H,5-7H2/t8-,10+/m1/s1. The van der Waals surface area contributed by atoms with Crippen LogP contribution < -0.4 is 5.32 Å². The van der Waals surface area contributed by atoms with E-state index in [-0.39, 0.29) is 24.3 Å². The van der Waals surface area contributed by atoms with Crippen molar-refractivity contribution in [2.45, 2.75) is 5.92 Å². The lowest BCUT2D eigenvalue weighted by atomic mass is 9.89. The SMILES string of the molecule is OC[C@H]1CNC[C@@H]1c1ccccc1F. The molecule has 1 heterocycles. The van der Waals surface area contributed by atoms with Crippen LogP contribution in [0.3, 0.4) is 0 Å². The minimum absolute atomic E-state index is 0.112. The molecule has 1 saturated heterocycles. The van der Waals surface area contributed by atoms with E-state index in [1.165, 1.54) is 6.07 Å². The fourth-order valence-corrected chi connectivity index (χ4v) is 2.06. The minimum atomic E-state index is -0.167. The molecule has 1 aromatic rings. The van der Waals surface area contributed by atoms with Gasteiger partial charge in [-0.2, -0.15) is 0 Å². The zero-order valence-electron chi connectivity index (χ0n) is 7.91. The molecule has 0 aromatic heterocycles. The molecule has 1 aliphatic rings. The molecule has 2 atom stereocenters. The largest absolute Gasteiger partial charge is 0.396 e. The quantitative estimate of drug-likeness (QED) is 0.741. The van der Waals surface area contributed by atoms with E-state index in [0.29, 0.717) is 0 Å². The molecule has 0 radical (unpaired) electrons. The third-order valence-electron chi connectivity index (χ3n) is 2.88. The lowest BCUT2D eigenvalue weighted by Crippen LogP contribution is -2.15. The van der Waals surface area contributed by atoms with Gasteiger partial charge in [0.25, 0.3) is 0 Å². The van der Waals surface area contributed by atoms with Crippen molar-refractivity contribution in [3.8, 4) is 0 Å². The molecule has 2 N–H and O–H groups in total. The van der Waals surface area contributed by atoms with Crippen LogP contribution in [0.25, 0.3) is 0 Å². The molecule has 1 aromatic carbocycles. The summed E-state index contributed by atoms with van der Waals surface area (Å²) in [6.07, 6.45) is 0. The normalized spacial score (nSPS) is 26.7. The van der Waals surface area contributed by atoms with Gasteiger partial charge in [0.1, 0.15) is 5.82 Å². The van der Waals surface area contributed by atoms with Crippen LogP contribution in [-0.4, -0.2) is 24.8 Å². The van der Waals surface area contributed by atoms with E-state index in [1.54, 1.807) is 12.1 Å². The number of hydrogen-bond donors (Lipinski definition) is 2. The molecule has 0 amide bonds. The van der Waals surface area contributed by atoms with Gasteiger partial charge < -0.3 is 10.4 Å². The first kappa shape index (κ1) is 9.62. The highest BCUT2D eigenvalue weighted by molar-refractivity contribution is 5.24. The molecule has 1 aliphatic heterocycles. The Morgan fingerprint density at radius 2 is 2.14 bits per heavy atom.